The van der Waals surface area contributed by atoms with Crippen LogP contribution in [0.3, 0.4) is 0 Å². The highest BCUT2D eigenvalue weighted by molar-refractivity contribution is 7.00. The van der Waals surface area contributed by atoms with Crippen molar-refractivity contribution in [2.45, 2.75) is 13.0 Å². The zero-order valence-electron chi connectivity index (χ0n) is 13.6. The van der Waals surface area contributed by atoms with Gasteiger partial charge in [0, 0.05) is 18.5 Å². The standard InChI is InChI=1S/C16H13N7O2S/c1-10(16(25)18-11-4-2-5-12-15(11)21-26-20-12)23-14(24)7-6-13(19-23)22-9-3-8-17-22/h2-10H,1H3,(H,18,25). The highest BCUT2D eigenvalue weighted by atomic mass is 32.1. The van der Waals surface area contributed by atoms with Crippen molar-refractivity contribution in [1.29, 1.82) is 0 Å². The minimum absolute atomic E-state index is 0.377. The molecule has 0 saturated heterocycles. The van der Waals surface area contributed by atoms with E-state index in [1.54, 1.807) is 43.6 Å². The van der Waals surface area contributed by atoms with E-state index in [0.29, 0.717) is 22.5 Å². The zero-order valence-corrected chi connectivity index (χ0v) is 14.4. The lowest BCUT2D eigenvalue weighted by Gasteiger charge is -2.15. The van der Waals surface area contributed by atoms with Crippen molar-refractivity contribution in [2.75, 3.05) is 5.32 Å². The van der Waals surface area contributed by atoms with Crippen LogP contribution in [-0.4, -0.2) is 34.2 Å². The number of fused-ring (bicyclic) bond motifs is 1. The molecule has 10 heteroatoms. The monoisotopic (exact) mass is 367 g/mol. The van der Waals surface area contributed by atoms with Crippen molar-refractivity contribution < 1.29 is 4.79 Å². The van der Waals surface area contributed by atoms with E-state index in [2.05, 4.69) is 24.3 Å². The Labute approximate surface area is 151 Å². The summed E-state index contributed by atoms with van der Waals surface area (Å²) in [7, 11) is 0. The van der Waals surface area contributed by atoms with Gasteiger partial charge in [-0.05, 0) is 31.2 Å². The fourth-order valence-corrected chi connectivity index (χ4v) is 3.02. The van der Waals surface area contributed by atoms with Crippen LogP contribution in [0.5, 0.6) is 0 Å². The largest absolute Gasteiger partial charge is 0.322 e. The maximum absolute atomic E-state index is 12.7. The average Bonchev–Trinajstić information content (AvgIpc) is 3.33. The molecule has 3 heterocycles. The van der Waals surface area contributed by atoms with Gasteiger partial charge >= 0.3 is 0 Å². The third-order valence-corrected chi connectivity index (χ3v) is 4.38. The topological polar surface area (TPSA) is 108 Å². The Kier molecular flexibility index (Phi) is 4.01. The van der Waals surface area contributed by atoms with Gasteiger partial charge in [-0.25, -0.2) is 9.36 Å². The predicted molar refractivity (Wildman–Crippen MR) is 96.4 cm³/mol. The van der Waals surface area contributed by atoms with Gasteiger partial charge in [0.15, 0.2) is 5.82 Å². The van der Waals surface area contributed by atoms with Crippen LogP contribution in [0.2, 0.25) is 0 Å². The van der Waals surface area contributed by atoms with Gasteiger partial charge in [0.1, 0.15) is 17.1 Å². The average molecular weight is 367 g/mol. The van der Waals surface area contributed by atoms with Crippen molar-refractivity contribution in [3.63, 3.8) is 0 Å². The second-order valence-corrected chi connectivity index (χ2v) is 6.06. The van der Waals surface area contributed by atoms with Crippen LogP contribution in [0.25, 0.3) is 16.9 Å². The minimum atomic E-state index is -0.820. The van der Waals surface area contributed by atoms with Gasteiger partial charge in [0.25, 0.3) is 5.56 Å². The Morgan fingerprint density at radius 3 is 2.88 bits per heavy atom. The summed E-state index contributed by atoms with van der Waals surface area (Å²) in [4.78, 5) is 24.8. The van der Waals surface area contributed by atoms with Crippen LogP contribution in [0.1, 0.15) is 13.0 Å². The van der Waals surface area contributed by atoms with Crippen LogP contribution in [-0.2, 0) is 4.79 Å². The Morgan fingerprint density at radius 1 is 1.19 bits per heavy atom. The van der Waals surface area contributed by atoms with E-state index in [1.165, 1.54) is 10.7 Å². The number of rotatable bonds is 4. The highest BCUT2D eigenvalue weighted by Gasteiger charge is 2.19. The summed E-state index contributed by atoms with van der Waals surface area (Å²) < 4.78 is 11.0. The highest BCUT2D eigenvalue weighted by Crippen LogP contribution is 2.22. The number of amides is 1. The summed E-state index contributed by atoms with van der Waals surface area (Å²) in [6.07, 6.45) is 3.31. The third kappa shape index (κ3) is 2.86. The quantitative estimate of drug-likeness (QED) is 0.587. The molecule has 1 aromatic carbocycles. The second kappa shape index (κ2) is 6.48. The summed E-state index contributed by atoms with van der Waals surface area (Å²) in [6, 6.07) is 9.18. The fourth-order valence-electron chi connectivity index (χ4n) is 2.47. The van der Waals surface area contributed by atoms with E-state index in [1.807, 2.05) is 6.07 Å². The van der Waals surface area contributed by atoms with E-state index in [9.17, 15) is 9.59 Å². The summed E-state index contributed by atoms with van der Waals surface area (Å²) in [5.41, 5.74) is 1.49. The number of nitrogens with one attached hydrogen (secondary N) is 1. The normalized spacial score (nSPS) is 12.2. The molecule has 4 aromatic rings. The van der Waals surface area contributed by atoms with Gasteiger partial charge in [-0.3, -0.25) is 9.59 Å². The Balaban J connectivity index is 1.64. The van der Waals surface area contributed by atoms with Crippen molar-refractivity contribution in [3.8, 4) is 5.82 Å². The SMILES string of the molecule is CC(C(=O)Nc1cccc2nsnc12)n1nc(-n2cccn2)ccc1=O. The number of hydrogen-bond acceptors (Lipinski definition) is 7. The molecular weight excluding hydrogens is 354 g/mol. The van der Waals surface area contributed by atoms with Gasteiger partial charge in [-0.1, -0.05) is 6.07 Å². The molecule has 0 saturated carbocycles. The van der Waals surface area contributed by atoms with E-state index in [-0.39, 0.29) is 11.5 Å². The number of carbonyl (C=O) groups is 1. The van der Waals surface area contributed by atoms with Crippen molar-refractivity contribution in [3.05, 3.63) is 59.1 Å². The lowest BCUT2D eigenvalue weighted by Crippen LogP contribution is -2.33. The maximum atomic E-state index is 12.7. The first-order valence-corrected chi connectivity index (χ1v) is 8.48. The number of aromatic nitrogens is 6. The molecule has 4 rings (SSSR count). The number of hydrogen-bond donors (Lipinski definition) is 1. The zero-order chi connectivity index (χ0) is 18.1. The van der Waals surface area contributed by atoms with Gasteiger partial charge in [0.05, 0.1) is 17.4 Å². The van der Waals surface area contributed by atoms with Gasteiger partial charge < -0.3 is 5.32 Å². The molecular formula is C16H13N7O2S. The summed E-state index contributed by atoms with van der Waals surface area (Å²) in [5, 5.41) is 11.1. The lowest BCUT2D eigenvalue weighted by molar-refractivity contribution is -0.119. The van der Waals surface area contributed by atoms with Crippen LogP contribution >= 0.6 is 11.7 Å². The molecule has 26 heavy (non-hydrogen) atoms. The van der Waals surface area contributed by atoms with Crippen LogP contribution in [0.15, 0.2) is 53.6 Å². The van der Waals surface area contributed by atoms with E-state index < -0.39 is 6.04 Å². The van der Waals surface area contributed by atoms with Gasteiger partial charge in [0.2, 0.25) is 5.91 Å². The summed E-state index contributed by atoms with van der Waals surface area (Å²) in [6.45, 7) is 1.61. The van der Waals surface area contributed by atoms with Crippen molar-refractivity contribution in [1.82, 2.24) is 28.3 Å². The Hall–Kier alpha value is -3.40. The first-order chi connectivity index (χ1) is 12.6. The molecule has 3 aromatic heterocycles. The second-order valence-electron chi connectivity index (χ2n) is 5.53. The fraction of sp³-hybridized carbons (Fsp3) is 0.125. The van der Waals surface area contributed by atoms with E-state index in [0.717, 1.165) is 16.4 Å². The summed E-state index contributed by atoms with van der Waals surface area (Å²) in [5.74, 6) is 0.0674. The van der Waals surface area contributed by atoms with Gasteiger partial charge in [-0.15, -0.1) is 5.10 Å². The molecule has 0 aliphatic heterocycles. The number of benzene rings is 1. The van der Waals surface area contributed by atoms with E-state index >= 15 is 0 Å². The minimum Gasteiger partial charge on any atom is -0.322 e. The smallest absolute Gasteiger partial charge is 0.267 e. The van der Waals surface area contributed by atoms with Crippen LogP contribution in [0.4, 0.5) is 5.69 Å². The molecule has 130 valence electrons. The molecule has 1 unspecified atom stereocenters. The first kappa shape index (κ1) is 16.1. The van der Waals surface area contributed by atoms with Crippen LogP contribution in [0, 0.1) is 0 Å². The molecule has 1 atom stereocenters. The van der Waals surface area contributed by atoms with Crippen molar-refractivity contribution in [2.24, 2.45) is 0 Å². The van der Waals surface area contributed by atoms with E-state index in [4.69, 9.17) is 0 Å². The molecule has 9 nitrogen and oxygen atoms in total. The van der Waals surface area contributed by atoms with Crippen LogP contribution < -0.4 is 10.9 Å². The Morgan fingerprint density at radius 2 is 2.08 bits per heavy atom. The molecule has 1 N–H and O–H groups in total. The number of carbonyl (C=O) groups excluding carboxylic acids is 1. The Bertz CT molecular complexity index is 1130. The molecule has 1 amide bonds. The van der Waals surface area contributed by atoms with Crippen molar-refractivity contribution >= 4 is 34.4 Å². The molecule has 0 bridgehead atoms. The third-order valence-electron chi connectivity index (χ3n) is 3.84. The maximum Gasteiger partial charge on any atom is 0.267 e. The molecule has 0 fully saturated rings. The number of nitrogens with zero attached hydrogens (tertiary/aromatic N) is 6. The molecule has 0 aliphatic carbocycles. The van der Waals surface area contributed by atoms with Gasteiger partial charge in [-0.2, -0.15) is 13.8 Å². The number of anilines is 1. The molecule has 0 spiro atoms. The first-order valence-electron chi connectivity index (χ1n) is 7.75. The molecule has 0 aliphatic rings. The lowest BCUT2D eigenvalue weighted by atomic mass is 10.2. The summed E-state index contributed by atoms with van der Waals surface area (Å²) >= 11 is 1.07. The molecule has 0 radical (unpaired) electrons. The predicted octanol–water partition coefficient (Wildman–Crippen LogP) is 1.63.